The first-order valence-corrected chi connectivity index (χ1v) is 12.3. The fourth-order valence-corrected chi connectivity index (χ4v) is 4.63. The smallest absolute Gasteiger partial charge is 0.345 e. The standard InChI is InChI=1S/C25H26FN5O5S/c1-15(12-34-2)31-21(13-36-20-11-7-4-8-16(20)26)29-30-25(31)37-14-19(32)22(24(33)35-3)23-27-17-9-5-6-10-18(17)28-23/h4-11,15,32H,12-14H2,1-3H3,(H,27,28). The van der Waals surface area contributed by atoms with Gasteiger partial charge in [-0.1, -0.05) is 36.0 Å². The number of nitrogens with zero attached hydrogens (tertiary/aromatic N) is 4. The van der Waals surface area contributed by atoms with E-state index in [1.54, 1.807) is 29.9 Å². The zero-order valence-corrected chi connectivity index (χ0v) is 21.3. The van der Waals surface area contributed by atoms with Crippen LogP contribution in [0.15, 0.2) is 59.4 Å². The first kappa shape index (κ1) is 26.2. The van der Waals surface area contributed by atoms with Crippen LogP contribution in [0.4, 0.5) is 4.39 Å². The molecule has 4 rings (SSSR count). The van der Waals surface area contributed by atoms with Gasteiger partial charge in [-0.05, 0) is 31.2 Å². The molecule has 0 radical (unpaired) electrons. The zero-order chi connectivity index (χ0) is 26.4. The number of H-pyrrole nitrogens is 1. The van der Waals surface area contributed by atoms with Crippen molar-refractivity contribution in [3.8, 4) is 5.75 Å². The number of carbonyl (C=O) groups is 1. The molecule has 12 heteroatoms. The molecular formula is C25H26FN5O5S. The molecule has 2 aromatic heterocycles. The van der Waals surface area contributed by atoms with Gasteiger partial charge in [0.2, 0.25) is 0 Å². The number of hydrogen-bond acceptors (Lipinski definition) is 9. The lowest BCUT2D eigenvalue weighted by molar-refractivity contribution is -0.133. The number of imidazole rings is 1. The predicted molar refractivity (Wildman–Crippen MR) is 136 cm³/mol. The average Bonchev–Trinajstić information content (AvgIpc) is 3.51. The minimum Gasteiger partial charge on any atom is -0.510 e. The van der Waals surface area contributed by atoms with E-state index >= 15 is 0 Å². The Morgan fingerprint density at radius 1 is 1.16 bits per heavy atom. The van der Waals surface area contributed by atoms with Crippen LogP contribution in [-0.2, 0) is 20.9 Å². The number of halogens is 1. The number of methoxy groups -OCH3 is 2. The molecule has 0 aliphatic carbocycles. The van der Waals surface area contributed by atoms with E-state index in [9.17, 15) is 14.3 Å². The van der Waals surface area contributed by atoms with E-state index in [-0.39, 0.29) is 41.3 Å². The molecule has 4 aromatic rings. The number of aliphatic hydroxyl groups is 1. The van der Waals surface area contributed by atoms with Crippen LogP contribution in [0, 0.1) is 5.82 Å². The monoisotopic (exact) mass is 527 g/mol. The Morgan fingerprint density at radius 2 is 1.92 bits per heavy atom. The Morgan fingerprint density at radius 3 is 2.65 bits per heavy atom. The van der Waals surface area contributed by atoms with Crippen molar-refractivity contribution in [3.63, 3.8) is 0 Å². The Balaban J connectivity index is 1.60. The van der Waals surface area contributed by atoms with Gasteiger partial charge in [0.1, 0.15) is 23.8 Å². The molecule has 10 nitrogen and oxygen atoms in total. The maximum atomic E-state index is 14.0. The van der Waals surface area contributed by atoms with Gasteiger partial charge in [0, 0.05) is 7.11 Å². The summed E-state index contributed by atoms with van der Waals surface area (Å²) in [4.78, 5) is 20.0. The Kier molecular flexibility index (Phi) is 8.41. The average molecular weight is 528 g/mol. The van der Waals surface area contributed by atoms with E-state index in [1.165, 1.54) is 19.2 Å². The highest BCUT2D eigenvalue weighted by Gasteiger charge is 2.24. The van der Waals surface area contributed by atoms with Gasteiger partial charge in [-0.3, -0.25) is 4.57 Å². The van der Waals surface area contributed by atoms with Crippen LogP contribution >= 0.6 is 11.8 Å². The van der Waals surface area contributed by atoms with Gasteiger partial charge in [-0.25, -0.2) is 14.2 Å². The van der Waals surface area contributed by atoms with Gasteiger partial charge in [0.15, 0.2) is 22.5 Å². The maximum absolute atomic E-state index is 14.0. The Labute approximate surface area is 216 Å². The number of hydrogen-bond donors (Lipinski definition) is 2. The van der Waals surface area contributed by atoms with Gasteiger partial charge in [0.25, 0.3) is 0 Å². The number of carbonyl (C=O) groups excluding carboxylic acids is 1. The van der Waals surface area contributed by atoms with Crippen molar-refractivity contribution >= 4 is 34.3 Å². The largest absolute Gasteiger partial charge is 0.510 e. The minimum atomic E-state index is -0.731. The van der Waals surface area contributed by atoms with Gasteiger partial charge in [-0.15, -0.1) is 10.2 Å². The Bertz CT molecular complexity index is 1390. The van der Waals surface area contributed by atoms with Crippen molar-refractivity contribution in [2.75, 3.05) is 26.6 Å². The molecule has 2 aromatic carbocycles. The molecule has 0 aliphatic heterocycles. The Hall–Kier alpha value is -3.90. The summed E-state index contributed by atoms with van der Waals surface area (Å²) in [5.41, 5.74) is 1.28. The van der Waals surface area contributed by atoms with Crippen molar-refractivity contribution in [2.45, 2.75) is 24.7 Å². The van der Waals surface area contributed by atoms with Gasteiger partial charge in [0.05, 0.1) is 36.5 Å². The number of para-hydroxylation sites is 3. The number of thioether (sulfide) groups is 1. The number of aromatic nitrogens is 5. The topological polar surface area (TPSA) is 124 Å². The number of aromatic amines is 1. The molecule has 0 saturated carbocycles. The summed E-state index contributed by atoms with van der Waals surface area (Å²) in [6.45, 7) is 2.23. The molecule has 0 aliphatic rings. The molecule has 1 unspecified atom stereocenters. The fourth-order valence-electron chi connectivity index (χ4n) is 3.70. The van der Waals surface area contributed by atoms with E-state index in [4.69, 9.17) is 14.2 Å². The molecule has 0 spiro atoms. The van der Waals surface area contributed by atoms with Crippen molar-refractivity contribution < 1.29 is 28.5 Å². The van der Waals surface area contributed by atoms with Crippen molar-refractivity contribution in [1.82, 2.24) is 24.7 Å². The van der Waals surface area contributed by atoms with Gasteiger partial charge < -0.3 is 24.3 Å². The highest BCUT2D eigenvalue weighted by Crippen LogP contribution is 2.28. The molecule has 1 atom stereocenters. The molecule has 0 fully saturated rings. The number of nitrogens with one attached hydrogen (secondary N) is 1. The normalized spacial score (nSPS) is 12.9. The second-order valence-corrected chi connectivity index (χ2v) is 8.94. The first-order chi connectivity index (χ1) is 17.9. The second-order valence-electron chi connectivity index (χ2n) is 8.00. The molecular weight excluding hydrogens is 501 g/mol. The van der Waals surface area contributed by atoms with Crippen molar-refractivity contribution in [2.24, 2.45) is 0 Å². The van der Waals surface area contributed by atoms with E-state index in [0.717, 1.165) is 11.8 Å². The lowest BCUT2D eigenvalue weighted by atomic mass is 10.2. The predicted octanol–water partition coefficient (Wildman–Crippen LogP) is 4.31. The highest BCUT2D eigenvalue weighted by atomic mass is 32.2. The zero-order valence-electron chi connectivity index (χ0n) is 20.5. The van der Waals surface area contributed by atoms with Gasteiger partial charge >= 0.3 is 5.97 Å². The number of rotatable bonds is 11. The second kappa shape index (κ2) is 11.9. The van der Waals surface area contributed by atoms with Crippen LogP contribution < -0.4 is 4.74 Å². The molecule has 2 heterocycles. The van der Waals surface area contributed by atoms with Crippen molar-refractivity contribution in [1.29, 1.82) is 0 Å². The molecule has 194 valence electrons. The third kappa shape index (κ3) is 5.92. The van der Waals surface area contributed by atoms with Crippen LogP contribution in [0.3, 0.4) is 0 Å². The molecule has 0 saturated heterocycles. The van der Waals surface area contributed by atoms with E-state index in [0.29, 0.717) is 28.6 Å². The molecule has 2 N–H and O–H groups in total. The van der Waals surface area contributed by atoms with Gasteiger partial charge in [-0.2, -0.15) is 0 Å². The number of benzene rings is 2. The third-order valence-corrected chi connectivity index (χ3v) is 6.37. The summed E-state index contributed by atoms with van der Waals surface area (Å²) in [5, 5.41) is 19.8. The number of fused-ring (bicyclic) bond motifs is 1. The van der Waals surface area contributed by atoms with Crippen LogP contribution in [0.25, 0.3) is 16.6 Å². The SMILES string of the molecule is COCC(C)n1c(COc2ccccc2F)nnc1SCC(O)=C(C(=O)OC)c1nc2ccccc2[nH]1. The van der Waals surface area contributed by atoms with Crippen molar-refractivity contribution in [3.05, 3.63) is 71.8 Å². The quantitative estimate of drug-likeness (QED) is 0.127. The highest BCUT2D eigenvalue weighted by molar-refractivity contribution is 7.99. The van der Waals surface area contributed by atoms with Crippen LogP contribution in [0.5, 0.6) is 5.75 Å². The summed E-state index contributed by atoms with van der Waals surface area (Å²) in [6, 6.07) is 13.2. The van der Waals surface area contributed by atoms with Crippen LogP contribution in [-0.4, -0.2) is 62.4 Å². The fraction of sp³-hybridized carbons (Fsp3) is 0.280. The minimum absolute atomic E-state index is 0.0204. The molecule has 0 amide bonds. The van der Waals surface area contributed by atoms with Crippen LogP contribution in [0.2, 0.25) is 0 Å². The summed E-state index contributed by atoms with van der Waals surface area (Å²) in [6.07, 6.45) is 0. The summed E-state index contributed by atoms with van der Waals surface area (Å²) in [7, 11) is 2.81. The lowest BCUT2D eigenvalue weighted by Gasteiger charge is -2.17. The number of aliphatic hydroxyl groups excluding tert-OH is 1. The van der Waals surface area contributed by atoms with E-state index in [1.807, 2.05) is 25.1 Å². The van der Waals surface area contributed by atoms with E-state index in [2.05, 4.69) is 20.2 Å². The maximum Gasteiger partial charge on any atom is 0.345 e. The molecule has 0 bridgehead atoms. The summed E-state index contributed by atoms with van der Waals surface area (Å²) >= 11 is 1.16. The summed E-state index contributed by atoms with van der Waals surface area (Å²) in [5.74, 6) is -0.736. The summed E-state index contributed by atoms with van der Waals surface area (Å²) < 4.78 is 31.6. The number of ether oxygens (including phenoxy) is 3. The lowest BCUT2D eigenvalue weighted by Crippen LogP contribution is -2.17. The number of esters is 1. The van der Waals surface area contributed by atoms with Crippen LogP contribution in [0.1, 0.15) is 24.6 Å². The van der Waals surface area contributed by atoms with E-state index < -0.39 is 11.8 Å². The third-order valence-electron chi connectivity index (χ3n) is 5.42. The first-order valence-electron chi connectivity index (χ1n) is 11.3. The molecule has 37 heavy (non-hydrogen) atoms.